The number of fused-ring (bicyclic) bond motifs is 1. The van der Waals surface area contributed by atoms with E-state index in [9.17, 15) is 15.0 Å². The zero-order valence-electron chi connectivity index (χ0n) is 9.94. The standard InChI is InChI=1S/C10H12N4O5/c1-19-10-13-8-6(9(18)14-10)12-4(2-11-8)7(17)5(16)3-15/h2,5,7,15-17H,3H2,1H3,(H,11,13,14,18)/t5-,7+/m0/s1. The van der Waals surface area contributed by atoms with Crippen molar-refractivity contribution in [2.45, 2.75) is 12.2 Å². The van der Waals surface area contributed by atoms with Gasteiger partial charge in [0.2, 0.25) is 0 Å². The highest BCUT2D eigenvalue weighted by atomic mass is 16.5. The van der Waals surface area contributed by atoms with Crippen molar-refractivity contribution in [3.05, 3.63) is 22.2 Å². The smallest absolute Gasteiger partial charge is 0.298 e. The number of nitrogens with one attached hydrogen (secondary N) is 1. The fourth-order valence-electron chi connectivity index (χ4n) is 1.45. The summed E-state index contributed by atoms with van der Waals surface area (Å²) in [6.45, 7) is -0.641. The number of aromatic nitrogens is 4. The van der Waals surface area contributed by atoms with Gasteiger partial charge >= 0.3 is 0 Å². The summed E-state index contributed by atoms with van der Waals surface area (Å²) in [6.07, 6.45) is -1.68. The van der Waals surface area contributed by atoms with E-state index in [2.05, 4.69) is 19.9 Å². The Morgan fingerprint density at radius 3 is 2.79 bits per heavy atom. The molecule has 0 aliphatic carbocycles. The molecule has 0 bridgehead atoms. The minimum absolute atomic E-state index is 0.00417. The lowest BCUT2D eigenvalue weighted by atomic mass is 10.1. The molecule has 0 amide bonds. The Bertz CT molecular complexity index is 643. The number of methoxy groups -OCH3 is 1. The Balaban J connectivity index is 2.52. The average molecular weight is 268 g/mol. The third kappa shape index (κ3) is 2.52. The monoisotopic (exact) mass is 268 g/mol. The third-order valence-corrected chi connectivity index (χ3v) is 2.46. The van der Waals surface area contributed by atoms with Crippen molar-refractivity contribution < 1.29 is 20.1 Å². The van der Waals surface area contributed by atoms with Crippen LogP contribution in [0.4, 0.5) is 0 Å². The number of ether oxygens (including phenoxy) is 1. The van der Waals surface area contributed by atoms with Crippen molar-refractivity contribution >= 4 is 11.2 Å². The number of hydrogen-bond acceptors (Lipinski definition) is 8. The quantitative estimate of drug-likeness (QED) is 0.504. The van der Waals surface area contributed by atoms with Crippen molar-refractivity contribution in [2.75, 3.05) is 13.7 Å². The van der Waals surface area contributed by atoms with Gasteiger partial charge in [-0.3, -0.25) is 9.78 Å². The molecule has 2 atom stereocenters. The van der Waals surface area contributed by atoms with Crippen LogP contribution in [-0.4, -0.2) is 55.1 Å². The molecular weight excluding hydrogens is 256 g/mol. The van der Waals surface area contributed by atoms with E-state index in [1.807, 2.05) is 0 Å². The van der Waals surface area contributed by atoms with Crippen LogP contribution in [0.5, 0.6) is 6.01 Å². The van der Waals surface area contributed by atoms with E-state index >= 15 is 0 Å². The molecule has 0 saturated heterocycles. The highest BCUT2D eigenvalue weighted by Crippen LogP contribution is 2.15. The van der Waals surface area contributed by atoms with Crippen LogP contribution in [0.25, 0.3) is 11.2 Å². The van der Waals surface area contributed by atoms with Gasteiger partial charge in [-0.05, 0) is 0 Å². The number of hydrogen-bond donors (Lipinski definition) is 4. The molecule has 0 radical (unpaired) electrons. The fourth-order valence-corrected chi connectivity index (χ4v) is 1.45. The number of aromatic amines is 1. The van der Waals surface area contributed by atoms with Gasteiger partial charge in [0, 0.05) is 0 Å². The summed E-state index contributed by atoms with van der Waals surface area (Å²) in [5, 5.41) is 27.7. The molecule has 0 saturated carbocycles. The van der Waals surface area contributed by atoms with Crippen molar-refractivity contribution in [1.29, 1.82) is 0 Å². The predicted molar refractivity (Wildman–Crippen MR) is 62.6 cm³/mol. The van der Waals surface area contributed by atoms with Crippen LogP contribution in [0.15, 0.2) is 11.0 Å². The summed E-state index contributed by atoms with van der Waals surface area (Å²) < 4.78 is 4.78. The number of nitrogens with zero attached hydrogens (tertiary/aromatic N) is 3. The van der Waals surface area contributed by atoms with Crippen LogP contribution < -0.4 is 10.3 Å². The maximum Gasteiger partial charge on any atom is 0.298 e. The zero-order chi connectivity index (χ0) is 14.0. The Morgan fingerprint density at radius 2 is 2.16 bits per heavy atom. The van der Waals surface area contributed by atoms with Crippen LogP contribution in [0.1, 0.15) is 11.8 Å². The average Bonchev–Trinajstić information content (AvgIpc) is 2.45. The van der Waals surface area contributed by atoms with Gasteiger partial charge in [-0.1, -0.05) is 0 Å². The largest absolute Gasteiger partial charge is 0.468 e. The molecular formula is C10H12N4O5. The van der Waals surface area contributed by atoms with Gasteiger partial charge < -0.3 is 20.1 Å². The van der Waals surface area contributed by atoms with Gasteiger partial charge in [-0.25, -0.2) is 9.97 Å². The van der Waals surface area contributed by atoms with Gasteiger partial charge in [0.15, 0.2) is 11.2 Å². The highest BCUT2D eigenvalue weighted by molar-refractivity contribution is 5.68. The second-order valence-electron chi connectivity index (χ2n) is 3.74. The van der Waals surface area contributed by atoms with Crippen LogP contribution >= 0.6 is 0 Å². The van der Waals surface area contributed by atoms with Crippen LogP contribution in [0.3, 0.4) is 0 Å². The minimum atomic E-state index is -1.44. The molecule has 2 heterocycles. The molecule has 0 aliphatic rings. The summed E-state index contributed by atoms with van der Waals surface area (Å²) >= 11 is 0. The molecule has 0 fully saturated rings. The molecule has 0 unspecified atom stereocenters. The second-order valence-corrected chi connectivity index (χ2v) is 3.74. The van der Waals surface area contributed by atoms with E-state index < -0.39 is 24.4 Å². The van der Waals surface area contributed by atoms with Crippen molar-refractivity contribution in [3.8, 4) is 6.01 Å². The molecule has 0 aromatic carbocycles. The summed E-state index contributed by atoms with van der Waals surface area (Å²) in [4.78, 5) is 25.6. The SMILES string of the molecule is COc1nc2ncc([C@@H](O)[C@@H](O)CO)nc2c(=O)[nH]1. The number of aliphatic hydroxyl groups is 3. The second kappa shape index (κ2) is 5.26. The van der Waals surface area contributed by atoms with Crippen molar-refractivity contribution in [1.82, 2.24) is 19.9 Å². The van der Waals surface area contributed by atoms with Gasteiger partial charge in [-0.15, -0.1) is 0 Å². The predicted octanol–water partition coefficient (Wildman–Crippen LogP) is -1.89. The molecule has 2 rings (SSSR count). The Morgan fingerprint density at radius 1 is 1.42 bits per heavy atom. The fraction of sp³-hybridized carbons (Fsp3) is 0.400. The Labute approximate surface area is 106 Å². The van der Waals surface area contributed by atoms with Gasteiger partial charge in [0.25, 0.3) is 11.6 Å². The molecule has 2 aromatic rings. The molecule has 9 nitrogen and oxygen atoms in total. The van der Waals surface area contributed by atoms with Crippen LogP contribution in [-0.2, 0) is 0 Å². The number of rotatable bonds is 4. The molecule has 2 aromatic heterocycles. The summed E-state index contributed by atoms with van der Waals surface area (Å²) in [6, 6.07) is -0.00417. The van der Waals surface area contributed by atoms with E-state index in [0.29, 0.717) is 0 Å². The lowest BCUT2D eigenvalue weighted by Gasteiger charge is -2.14. The lowest BCUT2D eigenvalue weighted by Crippen LogP contribution is -2.24. The van der Waals surface area contributed by atoms with Crippen molar-refractivity contribution in [2.24, 2.45) is 0 Å². The first kappa shape index (κ1) is 13.3. The number of H-pyrrole nitrogens is 1. The van der Waals surface area contributed by atoms with Crippen LogP contribution in [0, 0.1) is 0 Å². The maximum absolute atomic E-state index is 11.7. The summed E-state index contributed by atoms with van der Waals surface area (Å²) in [5.74, 6) is 0. The van der Waals surface area contributed by atoms with E-state index in [1.165, 1.54) is 7.11 Å². The third-order valence-electron chi connectivity index (χ3n) is 2.46. The topological polar surface area (TPSA) is 141 Å². The molecule has 19 heavy (non-hydrogen) atoms. The van der Waals surface area contributed by atoms with E-state index in [1.54, 1.807) is 0 Å². The Kier molecular flexibility index (Phi) is 3.69. The first-order valence-corrected chi connectivity index (χ1v) is 5.34. The van der Waals surface area contributed by atoms with E-state index in [-0.39, 0.29) is 22.9 Å². The van der Waals surface area contributed by atoms with E-state index in [4.69, 9.17) is 9.84 Å². The highest BCUT2D eigenvalue weighted by Gasteiger charge is 2.20. The Hall–Kier alpha value is -2.10. The summed E-state index contributed by atoms with van der Waals surface area (Å²) in [5.41, 5.74) is -0.661. The number of aliphatic hydroxyl groups excluding tert-OH is 3. The first-order chi connectivity index (χ1) is 9.06. The molecule has 0 spiro atoms. The maximum atomic E-state index is 11.7. The zero-order valence-corrected chi connectivity index (χ0v) is 9.94. The van der Waals surface area contributed by atoms with E-state index in [0.717, 1.165) is 6.20 Å². The van der Waals surface area contributed by atoms with Gasteiger partial charge in [-0.2, -0.15) is 4.98 Å². The lowest BCUT2D eigenvalue weighted by molar-refractivity contribution is -0.0173. The minimum Gasteiger partial charge on any atom is -0.468 e. The molecule has 4 N–H and O–H groups in total. The van der Waals surface area contributed by atoms with Gasteiger partial charge in [0.1, 0.15) is 12.2 Å². The van der Waals surface area contributed by atoms with Crippen molar-refractivity contribution in [3.63, 3.8) is 0 Å². The van der Waals surface area contributed by atoms with Gasteiger partial charge in [0.05, 0.1) is 25.6 Å². The molecule has 102 valence electrons. The first-order valence-electron chi connectivity index (χ1n) is 5.34. The molecule has 0 aliphatic heterocycles. The summed E-state index contributed by atoms with van der Waals surface area (Å²) in [7, 11) is 1.34. The molecule has 9 heteroatoms. The van der Waals surface area contributed by atoms with Crippen LogP contribution in [0.2, 0.25) is 0 Å². The normalized spacial score (nSPS) is 14.3.